The van der Waals surface area contributed by atoms with E-state index < -0.39 is 0 Å². The Morgan fingerprint density at radius 2 is 1.46 bits per heavy atom. The Hall–Kier alpha value is -3.95. The number of rotatable bonds is 1. The minimum atomic E-state index is -0.0887. The lowest BCUT2D eigenvalue weighted by molar-refractivity contribution is 0.667. The van der Waals surface area contributed by atoms with E-state index in [1.165, 1.54) is 59.5 Å². The van der Waals surface area contributed by atoms with E-state index in [-0.39, 0.29) is 5.41 Å². The smallest absolute Gasteiger partial charge is 0.195 e. The van der Waals surface area contributed by atoms with Gasteiger partial charge in [-0.15, -0.1) is 0 Å². The molecule has 5 aromatic carbocycles. The average molecular weight is 467 g/mol. The molecule has 0 amide bonds. The van der Waals surface area contributed by atoms with Gasteiger partial charge in [-0.3, -0.25) is 4.57 Å². The first-order valence-electron chi connectivity index (χ1n) is 12.1. The molecule has 35 heavy (non-hydrogen) atoms. The SMILES string of the molecule is CC1(C)c2cc3c(cc2-c2ccc4ccccc4c21)c1ccccc1n3-c1nc2ccccc2s1. The van der Waals surface area contributed by atoms with Crippen molar-refractivity contribution in [3.8, 4) is 16.3 Å². The van der Waals surface area contributed by atoms with Crippen LogP contribution in [0.5, 0.6) is 0 Å². The molecule has 166 valence electrons. The Bertz CT molecular complexity index is 1950. The topological polar surface area (TPSA) is 17.8 Å². The van der Waals surface area contributed by atoms with Gasteiger partial charge in [0.25, 0.3) is 0 Å². The number of hydrogen-bond donors (Lipinski definition) is 0. The summed E-state index contributed by atoms with van der Waals surface area (Å²) in [6, 6.07) is 35.4. The highest BCUT2D eigenvalue weighted by atomic mass is 32.1. The Kier molecular flexibility index (Phi) is 3.64. The van der Waals surface area contributed by atoms with Crippen LogP contribution in [0.1, 0.15) is 25.0 Å². The Balaban J connectivity index is 1.50. The maximum absolute atomic E-state index is 5.05. The number of aromatic nitrogens is 2. The molecule has 1 aliphatic rings. The van der Waals surface area contributed by atoms with Crippen molar-refractivity contribution in [3.05, 3.63) is 108 Å². The molecule has 0 spiro atoms. The standard InChI is InChI=1S/C32H22N2S/c1-32(2)25-18-28-24(17-23(25)22-16-15-19-9-3-4-10-20(19)30(22)32)21-11-5-7-13-27(21)34(28)31-33-26-12-6-8-14-29(26)35-31/h3-18H,1-2H3. The van der Waals surface area contributed by atoms with Gasteiger partial charge < -0.3 is 0 Å². The maximum atomic E-state index is 5.05. The van der Waals surface area contributed by atoms with Crippen LogP contribution in [0.25, 0.3) is 59.1 Å². The van der Waals surface area contributed by atoms with E-state index in [2.05, 4.69) is 115 Å². The number of nitrogens with zero attached hydrogens (tertiary/aromatic N) is 2. The summed E-state index contributed by atoms with van der Waals surface area (Å²) < 4.78 is 3.58. The van der Waals surface area contributed by atoms with Crippen molar-refractivity contribution in [1.29, 1.82) is 0 Å². The first-order valence-corrected chi connectivity index (χ1v) is 12.9. The highest BCUT2D eigenvalue weighted by Crippen LogP contribution is 2.53. The summed E-state index contributed by atoms with van der Waals surface area (Å²) in [6.45, 7) is 4.75. The summed E-state index contributed by atoms with van der Waals surface area (Å²) in [5, 5.41) is 6.25. The van der Waals surface area contributed by atoms with E-state index in [4.69, 9.17) is 4.98 Å². The van der Waals surface area contributed by atoms with E-state index in [1.807, 2.05) is 0 Å². The molecule has 0 aliphatic heterocycles. The van der Waals surface area contributed by atoms with Crippen molar-refractivity contribution >= 4 is 54.1 Å². The number of thiazole rings is 1. The van der Waals surface area contributed by atoms with Gasteiger partial charge in [0.15, 0.2) is 5.13 Å². The largest absolute Gasteiger partial charge is 0.285 e. The predicted octanol–water partition coefficient (Wildman–Crippen LogP) is 8.85. The quantitative estimate of drug-likeness (QED) is 0.236. The predicted molar refractivity (Wildman–Crippen MR) is 149 cm³/mol. The molecule has 2 heterocycles. The van der Waals surface area contributed by atoms with Crippen LogP contribution < -0.4 is 0 Å². The number of benzene rings is 5. The van der Waals surface area contributed by atoms with Crippen molar-refractivity contribution in [1.82, 2.24) is 9.55 Å². The summed E-state index contributed by atoms with van der Waals surface area (Å²) in [4.78, 5) is 5.05. The molecular weight excluding hydrogens is 444 g/mol. The van der Waals surface area contributed by atoms with E-state index in [0.29, 0.717) is 0 Å². The van der Waals surface area contributed by atoms with Crippen molar-refractivity contribution < 1.29 is 0 Å². The summed E-state index contributed by atoms with van der Waals surface area (Å²) in [5.41, 5.74) is 8.96. The molecule has 0 saturated heterocycles. The molecule has 0 atom stereocenters. The fourth-order valence-corrected chi connectivity index (χ4v) is 7.21. The molecule has 2 nitrogen and oxygen atoms in total. The maximum Gasteiger partial charge on any atom is 0.195 e. The molecule has 0 radical (unpaired) electrons. The number of para-hydroxylation sites is 2. The zero-order valence-corrected chi connectivity index (χ0v) is 20.4. The minimum absolute atomic E-state index is 0.0887. The molecule has 0 unspecified atom stereocenters. The highest BCUT2D eigenvalue weighted by Gasteiger charge is 2.37. The summed E-state index contributed by atoms with van der Waals surface area (Å²) >= 11 is 1.76. The van der Waals surface area contributed by atoms with Crippen LogP contribution in [0, 0.1) is 0 Å². The molecule has 7 aromatic rings. The van der Waals surface area contributed by atoms with E-state index >= 15 is 0 Å². The molecular formula is C32H22N2S. The van der Waals surface area contributed by atoms with Crippen LogP contribution in [-0.4, -0.2) is 9.55 Å². The van der Waals surface area contributed by atoms with Crippen molar-refractivity contribution in [2.75, 3.05) is 0 Å². The van der Waals surface area contributed by atoms with Crippen LogP contribution >= 0.6 is 11.3 Å². The second-order valence-corrected chi connectivity index (χ2v) is 11.1. The molecule has 1 aliphatic carbocycles. The molecule has 0 bridgehead atoms. The van der Waals surface area contributed by atoms with Crippen molar-refractivity contribution in [2.24, 2.45) is 0 Å². The van der Waals surface area contributed by atoms with Crippen molar-refractivity contribution in [2.45, 2.75) is 19.3 Å². The fourth-order valence-electron chi connectivity index (χ4n) is 6.22. The minimum Gasteiger partial charge on any atom is -0.285 e. The van der Waals surface area contributed by atoms with Gasteiger partial charge in [0.05, 0.1) is 21.3 Å². The van der Waals surface area contributed by atoms with Gasteiger partial charge in [-0.05, 0) is 63.4 Å². The van der Waals surface area contributed by atoms with Gasteiger partial charge in [0.1, 0.15) is 0 Å². The van der Waals surface area contributed by atoms with Crippen LogP contribution in [0.2, 0.25) is 0 Å². The number of fused-ring (bicyclic) bond motifs is 9. The average Bonchev–Trinajstić information content (AvgIpc) is 3.51. The first-order chi connectivity index (χ1) is 17.1. The van der Waals surface area contributed by atoms with Gasteiger partial charge in [-0.25, -0.2) is 4.98 Å². The van der Waals surface area contributed by atoms with E-state index in [0.717, 1.165) is 10.6 Å². The van der Waals surface area contributed by atoms with Crippen LogP contribution in [-0.2, 0) is 5.41 Å². The lowest BCUT2D eigenvalue weighted by Gasteiger charge is -2.23. The van der Waals surface area contributed by atoms with E-state index in [1.54, 1.807) is 11.3 Å². The Morgan fingerprint density at radius 3 is 2.34 bits per heavy atom. The molecule has 0 N–H and O–H groups in total. The fraction of sp³-hybridized carbons (Fsp3) is 0.0938. The Morgan fingerprint density at radius 1 is 0.686 bits per heavy atom. The molecule has 0 fully saturated rings. The van der Waals surface area contributed by atoms with Gasteiger partial charge in [0, 0.05) is 16.2 Å². The van der Waals surface area contributed by atoms with Crippen LogP contribution in [0.3, 0.4) is 0 Å². The molecule has 3 heteroatoms. The molecule has 0 saturated carbocycles. The third-order valence-corrected chi connectivity index (χ3v) is 8.82. The monoisotopic (exact) mass is 466 g/mol. The number of hydrogen-bond acceptors (Lipinski definition) is 2. The second kappa shape index (κ2) is 6.59. The van der Waals surface area contributed by atoms with Gasteiger partial charge in [-0.2, -0.15) is 0 Å². The van der Waals surface area contributed by atoms with Gasteiger partial charge >= 0.3 is 0 Å². The second-order valence-electron chi connectivity index (χ2n) is 10.1. The molecule has 2 aromatic heterocycles. The normalized spacial score (nSPS) is 14.2. The van der Waals surface area contributed by atoms with Crippen LogP contribution in [0.15, 0.2) is 97.1 Å². The highest BCUT2D eigenvalue weighted by molar-refractivity contribution is 7.20. The molecule has 8 rings (SSSR count). The van der Waals surface area contributed by atoms with Gasteiger partial charge in [-0.1, -0.05) is 91.9 Å². The third kappa shape index (κ3) is 2.46. The van der Waals surface area contributed by atoms with Crippen LogP contribution in [0.4, 0.5) is 0 Å². The third-order valence-electron chi connectivity index (χ3n) is 7.80. The lowest BCUT2D eigenvalue weighted by Crippen LogP contribution is -2.15. The zero-order valence-electron chi connectivity index (χ0n) is 19.5. The zero-order chi connectivity index (χ0) is 23.3. The summed E-state index contributed by atoms with van der Waals surface area (Å²) in [7, 11) is 0. The lowest BCUT2D eigenvalue weighted by atomic mass is 9.80. The summed E-state index contributed by atoms with van der Waals surface area (Å²) in [5.74, 6) is 0. The van der Waals surface area contributed by atoms with Crippen molar-refractivity contribution in [3.63, 3.8) is 0 Å². The van der Waals surface area contributed by atoms with E-state index in [9.17, 15) is 0 Å². The Labute approximate surface area is 207 Å². The van der Waals surface area contributed by atoms with Gasteiger partial charge in [0.2, 0.25) is 0 Å². The first kappa shape index (κ1) is 19.4. The summed E-state index contributed by atoms with van der Waals surface area (Å²) in [6.07, 6.45) is 0.